The molecule has 0 bridgehead atoms. The highest BCUT2D eigenvalue weighted by Gasteiger charge is 2.20. The van der Waals surface area contributed by atoms with E-state index < -0.39 is 10.0 Å². The van der Waals surface area contributed by atoms with Crippen LogP contribution in [-0.4, -0.2) is 47.9 Å². The van der Waals surface area contributed by atoms with E-state index in [1.54, 1.807) is 38.5 Å². The van der Waals surface area contributed by atoms with Crippen molar-refractivity contribution in [1.82, 2.24) is 5.32 Å². The van der Waals surface area contributed by atoms with Crippen LogP contribution in [0.2, 0.25) is 0 Å². The van der Waals surface area contributed by atoms with Crippen molar-refractivity contribution in [2.45, 2.75) is 13.3 Å². The minimum absolute atomic E-state index is 0.270. The Hall–Kier alpha value is -2.74. The van der Waals surface area contributed by atoms with Gasteiger partial charge in [0.05, 0.1) is 26.2 Å². The molecule has 0 aliphatic rings. The number of carbonyl (C=O) groups excluding carboxylic acids is 1. The Morgan fingerprint density at radius 1 is 1.07 bits per heavy atom. The molecule has 1 N–H and O–H groups in total. The Kier molecular flexibility index (Phi) is 7.28. The second-order valence-electron chi connectivity index (χ2n) is 6.40. The number of carbonyl (C=O) groups is 1. The summed E-state index contributed by atoms with van der Waals surface area (Å²) in [5.41, 5.74) is 2.36. The molecule has 7 nitrogen and oxygen atoms in total. The highest BCUT2D eigenvalue weighted by molar-refractivity contribution is 7.92. The van der Waals surface area contributed by atoms with Gasteiger partial charge in [-0.2, -0.15) is 0 Å². The smallest absolute Gasteiger partial charge is 0.240 e. The zero-order valence-corrected chi connectivity index (χ0v) is 17.4. The van der Waals surface area contributed by atoms with Crippen LogP contribution in [0, 0.1) is 6.92 Å². The number of methoxy groups -OCH3 is 2. The fourth-order valence-electron chi connectivity index (χ4n) is 2.75. The number of sulfonamides is 1. The van der Waals surface area contributed by atoms with Gasteiger partial charge in [0, 0.05) is 6.54 Å². The molecule has 1 amide bonds. The lowest BCUT2D eigenvalue weighted by molar-refractivity contribution is -0.119. The molecule has 0 aliphatic heterocycles. The summed E-state index contributed by atoms with van der Waals surface area (Å²) in [6.07, 6.45) is 1.67. The minimum atomic E-state index is -3.58. The van der Waals surface area contributed by atoms with Gasteiger partial charge in [-0.1, -0.05) is 18.2 Å². The summed E-state index contributed by atoms with van der Waals surface area (Å²) in [5, 5.41) is 2.77. The molecular formula is C20H26N2O5S. The number of ether oxygens (including phenoxy) is 2. The van der Waals surface area contributed by atoms with E-state index in [1.165, 1.54) is 0 Å². The average molecular weight is 407 g/mol. The van der Waals surface area contributed by atoms with Gasteiger partial charge in [-0.3, -0.25) is 9.10 Å². The van der Waals surface area contributed by atoms with Crippen LogP contribution in [0.1, 0.15) is 11.1 Å². The SMILES string of the molecule is COc1ccc(CCNC(=O)CN(c2cccc(C)c2)S(C)(=O)=O)cc1OC. The molecule has 0 saturated heterocycles. The Morgan fingerprint density at radius 2 is 1.79 bits per heavy atom. The Bertz CT molecular complexity index is 928. The zero-order valence-electron chi connectivity index (χ0n) is 16.6. The standard InChI is InChI=1S/C20H26N2O5S/c1-15-6-5-7-17(12-15)22(28(4,24)25)14-20(23)21-11-10-16-8-9-18(26-2)19(13-16)27-3/h5-9,12-13H,10-11,14H2,1-4H3,(H,21,23). The van der Waals surface area contributed by atoms with E-state index in [0.29, 0.717) is 30.2 Å². The predicted molar refractivity (Wildman–Crippen MR) is 110 cm³/mol. The minimum Gasteiger partial charge on any atom is -0.493 e. The van der Waals surface area contributed by atoms with Gasteiger partial charge in [0.25, 0.3) is 0 Å². The Labute approximate surface area is 166 Å². The number of benzene rings is 2. The first kappa shape index (κ1) is 21.6. The topological polar surface area (TPSA) is 84.9 Å². The van der Waals surface area contributed by atoms with Crippen LogP contribution in [0.4, 0.5) is 5.69 Å². The van der Waals surface area contributed by atoms with Crippen molar-refractivity contribution in [2.75, 3.05) is 37.9 Å². The van der Waals surface area contributed by atoms with Crippen LogP contribution >= 0.6 is 0 Å². The van der Waals surface area contributed by atoms with Crippen molar-refractivity contribution in [2.24, 2.45) is 0 Å². The molecule has 0 heterocycles. The van der Waals surface area contributed by atoms with Gasteiger partial charge >= 0.3 is 0 Å². The van der Waals surface area contributed by atoms with Crippen molar-refractivity contribution in [3.8, 4) is 11.5 Å². The van der Waals surface area contributed by atoms with Gasteiger partial charge in [-0.05, 0) is 48.7 Å². The molecular weight excluding hydrogens is 380 g/mol. The molecule has 0 aliphatic carbocycles. The van der Waals surface area contributed by atoms with Gasteiger partial charge in [-0.25, -0.2) is 8.42 Å². The molecule has 0 saturated carbocycles. The fourth-order valence-corrected chi connectivity index (χ4v) is 3.60. The van der Waals surface area contributed by atoms with E-state index in [-0.39, 0.29) is 12.5 Å². The van der Waals surface area contributed by atoms with Crippen molar-refractivity contribution in [1.29, 1.82) is 0 Å². The van der Waals surface area contributed by atoms with E-state index in [1.807, 2.05) is 25.1 Å². The maximum Gasteiger partial charge on any atom is 0.240 e. The lowest BCUT2D eigenvalue weighted by atomic mass is 10.1. The summed E-state index contributed by atoms with van der Waals surface area (Å²) in [4.78, 5) is 12.3. The van der Waals surface area contributed by atoms with Gasteiger partial charge in [0.15, 0.2) is 11.5 Å². The van der Waals surface area contributed by atoms with Crippen LogP contribution in [0.3, 0.4) is 0 Å². The Morgan fingerprint density at radius 3 is 2.39 bits per heavy atom. The number of nitrogens with zero attached hydrogens (tertiary/aromatic N) is 1. The molecule has 152 valence electrons. The van der Waals surface area contributed by atoms with Crippen molar-refractivity contribution < 1.29 is 22.7 Å². The van der Waals surface area contributed by atoms with Crippen LogP contribution in [-0.2, 0) is 21.2 Å². The molecule has 0 radical (unpaired) electrons. The van der Waals surface area contributed by atoms with Gasteiger partial charge in [-0.15, -0.1) is 0 Å². The zero-order chi connectivity index (χ0) is 20.7. The largest absolute Gasteiger partial charge is 0.493 e. The highest BCUT2D eigenvalue weighted by Crippen LogP contribution is 2.27. The van der Waals surface area contributed by atoms with Gasteiger partial charge in [0.1, 0.15) is 6.54 Å². The quantitative estimate of drug-likeness (QED) is 0.690. The van der Waals surface area contributed by atoms with E-state index in [0.717, 1.165) is 21.7 Å². The van der Waals surface area contributed by atoms with Crippen LogP contribution in [0.25, 0.3) is 0 Å². The van der Waals surface area contributed by atoms with Crippen molar-refractivity contribution in [3.05, 3.63) is 53.6 Å². The summed E-state index contributed by atoms with van der Waals surface area (Å²) in [6, 6.07) is 12.6. The average Bonchev–Trinajstić information content (AvgIpc) is 2.65. The van der Waals surface area contributed by atoms with Crippen LogP contribution < -0.4 is 19.1 Å². The van der Waals surface area contributed by atoms with Crippen LogP contribution in [0.5, 0.6) is 11.5 Å². The number of amides is 1. The van der Waals surface area contributed by atoms with E-state index >= 15 is 0 Å². The summed E-state index contributed by atoms with van der Waals surface area (Å²) >= 11 is 0. The van der Waals surface area contributed by atoms with E-state index in [4.69, 9.17) is 9.47 Å². The van der Waals surface area contributed by atoms with Crippen LogP contribution in [0.15, 0.2) is 42.5 Å². The van der Waals surface area contributed by atoms with Crippen molar-refractivity contribution >= 4 is 21.6 Å². The number of hydrogen-bond donors (Lipinski definition) is 1. The molecule has 2 aromatic carbocycles. The molecule has 0 spiro atoms. The van der Waals surface area contributed by atoms with Gasteiger partial charge < -0.3 is 14.8 Å². The number of rotatable bonds is 9. The lowest BCUT2D eigenvalue weighted by Gasteiger charge is -2.22. The fraction of sp³-hybridized carbons (Fsp3) is 0.350. The first-order chi connectivity index (χ1) is 13.2. The third-order valence-corrected chi connectivity index (χ3v) is 5.30. The maximum atomic E-state index is 12.3. The molecule has 0 unspecified atom stereocenters. The maximum absolute atomic E-state index is 12.3. The molecule has 0 aromatic heterocycles. The van der Waals surface area contributed by atoms with Crippen molar-refractivity contribution in [3.63, 3.8) is 0 Å². The molecule has 8 heteroatoms. The predicted octanol–water partition coefficient (Wildman–Crippen LogP) is 2.14. The van der Waals surface area contributed by atoms with Gasteiger partial charge in [0.2, 0.25) is 15.9 Å². The number of nitrogens with one attached hydrogen (secondary N) is 1. The lowest BCUT2D eigenvalue weighted by Crippen LogP contribution is -2.41. The number of aryl methyl sites for hydroxylation is 1. The highest BCUT2D eigenvalue weighted by atomic mass is 32.2. The molecule has 0 atom stereocenters. The molecule has 2 aromatic rings. The summed E-state index contributed by atoms with van der Waals surface area (Å²) in [7, 11) is -0.449. The monoisotopic (exact) mass is 406 g/mol. The summed E-state index contributed by atoms with van der Waals surface area (Å²) in [6.45, 7) is 1.97. The molecule has 2 rings (SSSR count). The first-order valence-electron chi connectivity index (χ1n) is 8.76. The second kappa shape index (κ2) is 9.45. The normalized spacial score (nSPS) is 11.0. The third-order valence-electron chi connectivity index (χ3n) is 4.16. The second-order valence-corrected chi connectivity index (χ2v) is 8.30. The first-order valence-corrected chi connectivity index (χ1v) is 10.6. The third kappa shape index (κ3) is 5.88. The number of hydrogen-bond acceptors (Lipinski definition) is 5. The number of anilines is 1. The molecule has 0 fully saturated rings. The van der Waals surface area contributed by atoms with E-state index in [9.17, 15) is 13.2 Å². The summed E-state index contributed by atoms with van der Waals surface area (Å²) in [5.74, 6) is 0.888. The molecule has 28 heavy (non-hydrogen) atoms. The Balaban J connectivity index is 1.98. The van der Waals surface area contributed by atoms with E-state index in [2.05, 4.69) is 5.32 Å². The summed E-state index contributed by atoms with van der Waals surface area (Å²) < 4.78 is 35.8.